The Morgan fingerprint density at radius 3 is 2.28 bits per heavy atom. The van der Waals surface area contributed by atoms with Crippen molar-refractivity contribution in [3.05, 3.63) is 76.5 Å². The summed E-state index contributed by atoms with van der Waals surface area (Å²) in [4.78, 5) is 39.9. The number of nitrogens with one attached hydrogen (secondary N) is 1. The standard InChI is InChI=1S/C31H36N2O6/c1-21-29(31(36)38-3)27(30(35)33(21)18-17-22-9-13-25(37-2)14-10-22)19-23-11-15-26(16-12-23)39-20-28(34)32-24-7-5-4-6-8-24/h9-16,19,24H,4-8,17-18,20H2,1-3H3,(H,32,34)/b27-19-. The largest absolute Gasteiger partial charge is 0.497 e. The molecule has 8 heteroatoms. The minimum absolute atomic E-state index is 0.0486. The Morgan fingerprint density at radius 2 is 1.64 bits per heavy atom. The van der Waals surface area contributed by atoms with E-state index >= 15 is 0 Å². The molecule has 0 spiro atoms. The van der Waals surface area contributed by atoms with E-state index in [9.17, 15) is 14.4 Å². The molecule has 2 amide bonds. The number of hydrogen-bond donors (Lipinski definition) is 1. The number of benzene rings is 2. The third-order valence-corrected chi connectivity index (χ3v) is 7.22. The van der Waals surface area contributed by atoms with E-state index in [4.69, 9.17) is 14.2 Å². The lowest BCUT2D eigenvalue weighted by Gasteiger charge is -2.22. The number of carbonyl (C=O) groups is 3. The second-order valence-corrected chi connectivity index (χ2v) is 9.83. The van der Waals surface area contributed by atoms with Gasteiger partial charge in [-0.2, -0.15) is 0 Å². The number of methoxy groups -OCH3 is 2. The molecule has 0 atom stereocenters. The van der Waals surface area contributed by atoms with Crippen molar-refractivity contribution in [2.75, 3.05) is 27.4 Å². The molecule has 0 bridgehead atoms. The van der Waals surface area contributed by atoms with Gasteiger partial charge in [-0.3, -0.25) is 9.59 Å². The molecule has 1 N–H and O–H groups in total. The van der Waals surface area contributed by atoms with Crippen LogP contribution in [0.2, 0.25) is 0 Å². The molecule has 1 saturated carbocycles. The molecule has 1 aliphatic heterocycles. The predicted octanol–water partition coefficient (Wildman–Crippen LogP) is 4.44. The molecule has 2 aliphatic rings. The van der Waals surface area contributed by atoms with E-state index < -0.39 is 5.97 Å². The highest BCUT2D eigenvalue weighted by Gasteiger charge is 2.36. The maximum absolute atomic E-state index is 13.4. The Bertz CT molecular complexity index is 1240. The molecule has 206 valence electrons. The van der Waals surface area contributed by atoms with Crippen molar-refractivity contribution < 1.29 is 28.6 Å². The number of amides is 2. The third-order valence-electron chi connectivity index (χ3n) is 7.22. The fourth-order valence-corrected chi connectivity index (χ4v) is 5.02. The third kappa shape index (κ3) is 7.07. The van der Waals surface area contributed by atoms with Gasteiger partial charge in [-0.15, -0.1) is 0 Å². The van der Waals surface area contributed by atoms with Crippen LogP contribution in [0.25, 0.3) is 6.08 Å². The zero-order valence-electron chi connectivity index (χ0n) is 22.8. The van der Waals surface area contributed by atoms with Gasteiger partial charge in [-0.25, -0.2) is 4.79 Å². The number of hydrogen-bond acceptors (Lipinski definition) is 6. The zero-order valence-corrected chi connectivity index (χ0v) is 22.8. The molecule has 1 heterocycles. The van der Waals surface area contributed by atoms with E-state index in [0.29, 0.717) is 24.4 Å². The first-order valence-corrected chi connectivity index (χ1v) is 13.4. The summed E-state index contributed by atoms with van der Waals surface area (Å²) in [6, 6.07) is 15.0. The van der Waals surface area contributed by atoms with Crippen LogP contribution >= 0.6 is 0 Å². The van der Waals surface area contributed by atoms with E-state index in [1.807, 2.05) is 24.3 Å². The minimum Gasteiger partial charge on any atom is -0.497 e. The number of esters is 1. The highest BCUT2D eigenvalue weighted by atomic mass is 16.5. The van der Waals surface area contributed by atoms with E-state index in [2.05, 4.69) is 5.32 Å². The molecule has 39 heavy (non-hydrogen) atoms. The first-order chi connectivity index (χ1) is 18.9. The molecule has 0 saturated heterocycles. The van der Waals surface area contributed by atoms with E-state index in [0.717, 1.165) is 42.6 Å². The molecular formula is C31H36N2O6. The molecule has 1 aliphatic carbocycles. The first-order valence-electron chi connectivity index (χ1n) is 13.4. The van der Waals surface area contributed by atoms with Gasteiger partial charge in [0.1, 0.15) is 11.5 Å². The van der Waals surface area contributed by atoms with Gasteiger partial charge >= 0.3 is 5.97 Å². The van der Waals surface area contributed by atoms with Crippen LogP contribution in [0.1, 0.15) is 50.2 Å². The maximum atomic E-state index is 13.4. The van der Waals surface area contributed by atoms with E-state index in [-0.39, 0.29) is 35.6 Å². The van der Waals surface area contributed by atoms with Crippen LogP contribution in [-0.2, 0) is 25.5 Å². The van der Waals surface area contributed by atoms with Crippen LogP contribution in [0.4, 0.5) is 0 Å². The summed E-state index contributed by atoms with van der Waals surface area (Å²) < 4.78 is 15.9. The van der Waals surface area contributed by atoms with Crippen molar-refractivity contribution >= 4 is 23.9 Å². The predicted molar refractivity (Wildman–Crippen MR) is 148 cm³/mol. The lowest BCUT2D eigenvalue weighted by atomic mass is 9.95. The fourth-order valence-electron chi connectivity index (χ4n) is 5.02. The van der Waals surface area contributed by atoms with Crippen LogP contribution < -0.4 is 14.8 Å². The maximum Gasteiger partial charge on any atom is 0.340 e. The zero-order chi connectivity index (χ0) is 27.8. The van der Waals surface area contributed by atoms with Crippen molar-refractivity contribution in [3.63, 3.8) is 0 Å². The second kappa shape index (κ2) is 13.1. The highest BCUT2D eigenvalue weighted by molar-refractivity contribution is 6.16. The Kier molecular flexibility index (Phi) is 9.41. The molecule has 1 fully saturated rings. The van der Waals surface area contributed by atoms with Gasteiger partial charge in [-0.05, 0) is 67.7 Å². The molecular weight excluding hydrogens is 496 g/mol. The Hall–Kier alpha value is -4.07. The van der Waals surface area contributed by atoms with Gasteiger partial charge < -0.3 is 24.4 Å². The monoisotopic (exact) mass is 532 g/mol. The summed E-state index contributed by atoms with van der Waals surface area (Å²) in [6.45, 7) is 2.13. The summed E-state index contributed by atoms with van der Waals surface area (Å²) >= 11 is 0. The lowest BCUT2D eigenvalue weighted by molar-refractivity contribution is -0.136. The van der Waals surface area contributed by atoms with Crippen molar-refractivity contribution in [2.24, 2.45) is 0 Å². The number of allylic oxidation sites excluding steroid dienone is 1. The molecule has 0 radical (unpaired) electrons. The van der Waals surface area contributed by atoms with Crippen molar-refractivity contribution in [1.82, 2.24) is 10.2 Å². The smallest absolute Gasteiger partial charge is 0.340 e. The van der Waals surface area contributed by atoms with Gasteiger partial charge in [0.05, 0.1) is 25.4 Å². The van der Waals surface area contributed by atoms with Crippen molar-refractivity contribution in [1.29, 1.82) is 0 Å². The van der Waals surface area contributed by atoms with Gasteiger partial charge in [0.2, 0.25) is 0 Å². The van der Waals surface area contributed by atoms with E-state index in [1.165, 1.54) is 13.5 Å². The Labute approximate surface area is 229 Å². The average Bonchev–Trinajstić information content (AvgIpc) is 3.19. The topological polar surface area (TPSA) is 94.2 Å². The van der Waals surface area contributed by atoms with Gasteiger partial charge in [0, 0.05) is 18.3 Å². The normalized spacial score (nSPS) is 16.9. The highest BCUT2D eigenvalue weighted by Crippen LogP contribution is 2.32. The average molecular weight is 533 g/mol. The summed E-state index contributed by atoms with van der Waals surface area (Å²) in [7, 11) is 2.92. The summed E-state index contributed by atoms with van der Waals surface area (Å²) in [5.74, 6) is 0.394. The summed E-state index contributed by atoms with van der Waals surface area (Å²) in [5.41, 5.74) is 2.89. The van der Waals surface area contributed by atoms with Gasteiger partial charge in [0.25, 0.3) is 11.8 Å². The van der Waals surface area contributed by atoms with Crippen LogP contribution in [0.15, 0.2) is 65.4 Å². The SMILES string of the molecule is COC(=O)C1=C(C)N(CCc2ccc(OC)cc2)C(=O)/C1=C\c1ccc(OCC(=O)NC2CCCCC2)cc1. The number of carbonyl (C=O) groups excluding carboxylic acids is 3. The van der Waals surface area contributed by atoms with Crippen molar-refractivity contribution in [3.8, 4) is 11.5 Å². The number of ether oxygens (including phenoxy) is 3. The van der Waals surface area contributed by atoms with E-state index in [1.54, 1.807) is 49.3 Å². The van der Waals surface area contributed by atoms with Crippen molar-refractivity contribution in [2.45, 2.75) is 51.5 Å². The van der Waals surface area contributed by atoms with Gasteiger partial charge in [-0.1, -0.05) is 43.5 Å². The second-order valence-electron chi connectivity index (χ2n) is 9.83. The molecule has 2 aromatic carbocycles. The lowest BCUT2D eigenvalue weighted by Crippen LogP contribution is -2.38. The molecule has 4 rings (SSSR count). The Morgan fingerprint density at radius 1 is 0.974 bits per heavy atom. The van der Waals surface area contributed by atoms with Crippen LogP contribution in [0.3, 0.4) is 0 Å². The van der Waals surface area contributed by atoms with Gasteiger partial charge in [0.15, 0.2) is 6.61 Å². The van der Waals surface area contributed by atoms with Crippen LogP contribution in [0.5, 0.6) is 11.5 Å². The fraction of sp³-hybridized carbons (Fsp3) is 0.387. The Balaban J connectivity index is 1.42. The van der Waals surface area contributed by atoms with Crippen LogP contribution in [0, 0.1) is 0 Å². The molecule has 8 nitrogen and oxygen atoms in total. The minimum atomic E-state index is -0.553. The summed E-state index contributed by atoms with van der Waals surface area (Å²) in [5, 5.41) is 3.04. The van der Waals surface area contributed by atoms with Crippen LogP contribution in [-0.4, -0.2) is 56.1 Å². The molecule has 2 aromatic rings. The first kappa shape index (κ1) is 28.0. The summed E-state index contributed by atoms with van der Waals surface area (Å²) in [6.07, 6.45) is 7.88. The quantitative estimate of drug-likeness (QED) is 0.359. The number of nitrogens with zero attached hydrogens (tertiary/aromatic N) is 1. The molecule has 0 aromatic heterocycles. The number of rotatable bonds is 10. The molecule has 0 unspecified atom stereocenters.